The molecule has 2 nitrogen and oxygen atoms in total. The zero-order valence-corrected chi connectivity index (χ0v) is 47.2. The predicted molar refractivity (Wildman–Crippen MR) is 334 cm³/mol. The van der Waals surface area contributed by atoms with E-state index in [0.29, 0.717) is 0 Å². The van der Waals surface area contributed by atoms with Crippen molar-refractivity contribution in [3.8, 4) is 27.9 Å². The third kappa shape index (κ3) is 6.00. The van der Waals surface area contributed by atoms with Gasteiger partial charge in [-0.05, 0) is 180 Å². The van der Waals surface area contributed by atoms with E-state index in [4.69, 9.17) is 0 Å². The van der Waals surface area contributed by atoms with E-state index in [-0.39, 0.29) is 27.1 Å². The predicted octanol–water partition coefficient (Wildman–Crippen LogP) is 18.8. The van der Waals surface area contributed by atoms with Crippen molar-refractivity contribution < 1.29 is 0 Å². The summed E-state index contributed by atoms with van der Waals surface area (Å²) in [7, 11) is 0.841. The number of hydrogen-bond donors (Lipinski definition) is 1. The van der Waals surface area contributed by atoms with Gasteiger partial charge in [0.25, 0.3) is 0 Å². The molecule has 0 fully saturated rings. The maximum Gasteiger partial charge on any atom is 0.198 e. The van der Waals surface area contributed by atoms with Gasteiger partial charge in [0.15, 0.2) is 7.28 Å². The van der Waals surface area contributed by atoms with Crippen molar-refractivity contribution in [3.63, 3.8) is 0 Å². The molecule has 1 N–H and O–H groups in total. The van der Waals surface area contributed by atoms with Crippen molar-refractivity contribution in [1.29, 1.82) is 0 Å². The van der Waals surface area contributed by atoms with Gasteiger partial charge in [0.2, 0.25) is 0 Å². The minimum absolute atomic E-state index is 0.0630. The summed E-state index contributed by atoms with van der Waals surface area (Å²) in [6.07, 6.45) is 4.77. The van der Waals surface area contributed by atoms with E-state index < -0.39 is 0 Å². The highest BCUT2D eigenvalue weighted by atomic mass is 32.1. The highest BCUT2D eigenvalue weighted by Crippen LogP contribution is 2.58. The van der Waals surface area contributed by atoms with Crippen LogP contribution in [0.1, 0.15) is 128 Å². The number of anilines is 2. The van der Waals surface area contributed by atoms with Crippen LogP contribution in [-0.2, 0) is 27.1 Å². The zero-order chi connectivity index (χ0) is 51.7. The molecule has 4 heterocycles. The molecule has 0 spiro atoms. The van der Waals surface area contributed by atoms with E-state index >= 15 is 0 Å². The first kappa shape index (κ1) is 45.5. The minimum atomic E-state index is -0.281. The van der Waals surface area contributed by atoms with Crippen LogP contribution in [0.2, 0.25) is 0 Å². The van der Waals surface area contributed by atoms with Gasteiger partial charge in [-0.2, -0.15) is 0 Å². The average Bonchev–Trinajstić information content (AvgIpc) is 4.32. The van der Waals surface area contributed by atoms with Crippen LogP contribution < -0.4 is 16.2 Å². The average molecular weight is 1020 g/mol. The highest BCUT2D eigenvalue weighted by Gasteiger charge is 2.43. The number of nitrogens with one attached hydrogen (secondary N) is 1. The van der Waals surface area contributed by atoms with Gasteiger partial charge in [0, 0.05) is 84.7 Å². The Balaban J connectivity index is 1.05. The van der Waals surface area contributed by atoms with Crippen LogP contribution >= 0.6 is 22.7 Å². The molecule has 1 aliphatic heterocycles. The number of thiophene rings is 2. The summed E-state index contributed by atoms with van der Waals surface area (Å²) in [5, 5.41) is 15.1. The van der Waals surface area contributed by atoms with Gasteiger partial charge in [0.1, 0.15) is 0 Å². The molecule has 9 aromatic carbocycles. The van der Waals surface area contributed by atoms with Gasteiger partial charge in [-0.15, -0.1) is 22.7 Å². The molecule has 0 bridgehead atoms. The lowest BCUT2D eigenvalue weighted by Crippen LogP contribution is -2.38. The minimum Gasteiger partial charge on any atom is -0.354 e. The van der Waals surface area contributed by atoms with Gasteiger partial charge >= 0.3 is 0 Å². The Morgan fingerprint density at radius 1 is 0.447 bits per heavy atom. The number of benzene rings is 9. The van der Waals surface area contributed by atoms with Crippen molar-refractivity contribution in [2.24, 2.45) is 0 Å². The fourth-order valence-corrected chi connectivity index (χ4v) is 17.7. The third-order valence-electron chi connectivity index (χ3n) is 19.9. The first-order chi connectivity index (χ1) is 36.4. The van der Waals surface area contributed by atoms with Gasteiger partial charge in [0.05, 0.1) is 5.52 Å². The molecule has 16 rings (SSSR count). The molecule has 5 heteroatoms. The van der Waals surface area contributed by atoms with Crippen LogP contribution in [-0.4, -0.2) is 11.8 Å². The summed E-state index contributed by atoms with van der Waals surface area (Å²) in [6, 6.07) is 55.2. The molecule has 0 amide bonds. The second-order valence-corrected chi connectivity index (χ2v) is 28.7. The molecular weight excluding hydrogens is 956 g/mol. The fraction of sp³-hybridized carbons (Fsp3) is 0.268. The molecule has 0 saturated carbocycles. The topological polar surface area (TPSA) is 17.0 Å². The van der Waals surface area contributed by atoms with Crippen molar-refractivity contribution in [3.05, 3.63) is 173 Å². The Bertz CT molecular complexity index is 4620. The number of rotatable bonds is 3. The summed E-state index contributed by atoms with van der Waals surface area (Å²) in [5.41, 5.74) is 23.6. The van der Waals surface area contributed by atoms with Crippen molar-refractivity contribution in [2.45, 2.75) is 122 Å². The number of aromatic nitrogens is 1. The Labute approximate surface area is 455 Å². The van der Waals surface area contributed by atoms with E-state index in [1.165, 1.54) is 182 Å². The fourth-order valence-electron chi connectivity index (χ4n) is 15.5. The van der Waals surface area contributed by atoms with Gasteiger partial charge in [-0.25, -0.2) is 0 Å². The summed E-state index contributed by atoms with van der Waals surface area (Å²) in [4.78, 5) is 0. The Morgan fingerprint density at radius 2 is 1.04 bits per heavy atom. The molecule has 372 valence electrons. The molecule has 3 aliphatic carbocycles. The largest absolute Gasteiger partial charge is 0.354 e. The van der Waals surface area contributed by atoms with Crippen LogP contribution in [0.5, 0.6) is 0 Å². The van der Waals surface area contributed by atoms with Crippen LogP contribution in [0.4, 0.5) is 11.4 Å². The molecule has 3 aromatic heterocycles. The standard InChI is InChI=1S/C71H63BN2S2/c1-67(2)27-29-69(5,6)49-36-58-44(33-47(49)67)60-52(23-16-24-56(60)75-58)73-53-25-26-57-61(45-34-48-50(37-59(45)76-57)70(7,8)30-28-68(48,3)4)62(53)63-64-43(40-19-13-14-21-46(40)71(64,9)10)35-55-65(63)72-51-22-15-20-41-42-31-38-17-11-12-18-39(38)32-54(42)74(55)66(41)51/h11-26,31-37,72-73H,27-30H2,1-10H3. The molecule has 0 unspecified atom stereocenters. The normalized spacial score (nSPS) is 18.0. The zero-order valence-electron chi connectivity index (χ0n) is 45.6. The smallest absolute Gasteiger partial charge is 0.198 e. The Morgan fingerprint density at radius 3 is 1.72 bits per heavy atom. The van der Waals surface area contributed by atoms with E-state index in [1.807, 2.05) is 22.7 Å². The number of fused-ring (bicyclic) bond motifs is 17. The van der Waals surface area contributed by atoms with Gasteiger partial charge in [-0.3, -0.25) is 0 Å². The van der Waals surface area contributed by atoms with Crippen LogP contribution in [0.15, 0.2) is 140 Å². The lowest BCUT2D eigenvalue weighted by Gasteiger charge is -2.42. The second-order valence-electron chi connectivity index (χ2n) is 26.6. The van der Waals surface area contributed by atoms with Crippen molar-refractivity contribution in [1.82, 2.24) is 4.57 Å². The quantitative estimate of drug-likeness (QED) is 0.175. The third-order valence-corrected chi connectivity index (χ3v) is 22.1. The molecule has 12 aromatic rings. The number of para-hydroxylation sites is 1. The van der Waals surface area contributed by atoms with E-state index in [0.717, 1.165) is 7.28 Å². The summed E-state index contributed by atoms with van der Waals surface area (Å²) in [6.45, 7) is 24.8. The van der Waals surface area contributed by atoms with Crippen molar-refractivity contribution >= 4 is 125 Å². The monoisotopic (exact) mass is 1020 g/mol. The molecule has 0 saturated heterocycles. The second kappa shape index (κ2) is 14.9. The molecular formula is C71H63BN2S2. The molecule has 76 heavy (non-hydrogen) atoms. The molecule has 0 radical (unpaired) electrons. The first-order valence-corrected chi connectivity index (χ1v) is 29.6. The highest BCUT2D eigenvalue weighted by molar-refractivity contribution is 7.26. The number of hydrogen-bond acceptors (Lipinski definition) is 3. The summed E-state index contributed by atoms with van der Waals surface area (Å²) >= 11 is 3.95. The Hall–Kier alpha value is -6.66. The van der Waals surface area contributed by atoms with Crippen LogP contribution in [0.25, 0.3) is 101 Å². The van der Waals surface area contributed by atoms with E-state index in [2.05, 4.69) is 219 Å². The lowest BCUT2D eigenvalue weighted by atomic mass is 9.57. The van der Waals surface area contributed by atoms with Crippen LogP contribution in [0.3, 0.4) is 0 Å². The molecule has 0 atom stereocenters. The van der Waals surface area contributed by atoms with Crippen LogP contribution in [0, 0.1) is 0 Å². The lowest BCUT2D eigenvalue weighted by molar-refractivity contribution is 0.332. The summed E-state index contributed by atoms with van der Waals surface area (Å²) < 4.78 is 8.12. The maximum atomic E-state index is 4.38. The van der Waals surface area contributed by atoms with Crippen molar-refractivity contribution in [2.75, 3.05) is 5.32 Å². The summed E-state index contributed by atoms with van der Waals surface area (Å²) in [5.74, 6) is 0. The van der Waals surface area contributed by atoms with E-state index in [9.17, 15) is 0 Å². The Kier molecular flexibility index (Phi) is 8.91. The first-order valence-electron chi connectivity index (χ1n) is 28.0. The molecule has 4 aliphatic rings. The van der Waals surface area contributed by atoms with Gasteiger partial charge < -0.3 is 9.88 Å². The van der Waals surface area contributed by atoms with Gasteiger partial charge in [-0.1, -0.05) is 147 Å². The SMILES string of the molecule is CC1(C)CCC(C)(C)c2cc3c(cc21)sc1cccc(Nc2ccc4sc5cc6c(cc5c4c2-c2c4c(cc5c2C(C)(C)c2ccccc2-5)-n2c5cc7ccccc7cc5c5cccc(c52)B4)C(C)(C)CCC6(C)C)c13. The number of nitrogens with zero attached hydrogens (tertiary/aromatic N) is 1. The van der Waals surface area contributed by atoms with E-state index in [1.54, 1.807) is 0 Å². The maximum absolute atomic E-state index is 4.38.